The zero-order valence-electron chi connectivity index (χ0n) is 10.3. The summed E-state index contributed by atoms with van der Waals surface area (Å²) in [5.41, 5.74) is 2.76. The van der Waals surface area contributed by atoms with Crippen LogP contribution < -0.4 is 11.1 Å². The van der Waals surface area contributed by atoms with Crippen LogP contribution in [0.15, 0.2) is 9.95 Å². The molecule has 0 radical (unpaired) electrons. The number of carbonyl (C=O) groups excluding carboxylic acids is 1. The molecule has 0 spiro atoms. The van der Waals surface area contributed by atoms with Crippen molar-refractivity contribution in [3.05, 3.63) is 10.5 Å². The van der Waals surface area contributed by atoms with Gasteiger partial charge in [0.25, 0.3) is 0 Å². The van der Waals surface area contributed by atoms with Gasteiger partial charge in [0.15, 0.2) is 5.16 Å². The third kappa shape index (κ3) is 2.68. The highest BCUT2D eigenvalue weighted by Gasteiger charge is 2.17. The number of thioether (sulfide) groups is 1. The second-order valence-corrected chi connectivity index (χ2v) is 5.04. The van der Waals surface area contributed by atoms with Crippen molar-refractivity contribution in [2.24, 2.45) is 0 Å². The van der Waals surface area contributed by atoms with E-state index in [-0.39, 0.29) is 11.7 Å². The highest BCUT2D eigenvalue weighted by molar-refractivity contribution is 7.98. The number of rotatable bonds is 4. The van der Waals surface area contributed by atoms with Crippen molar-refractivity contribution in [2.45, 2.75) is 43.3 Å². The molecule has 0 bridgehead atoms. The van der Waals surface area contributed by atoms with Crippen molar-refractivity contribution in [1.82, 2.24) is 14.5 Å². The Labute approximate surface area is 109 Å². The Morgan fingerprint density at radius 2 is 2.17 bits per heavy atom. The van der Waals surface area contributed by atoms with Crippen LogP contribution in [0.2, 0.25) is 0 Å². The molecule has 0 atom stereocenters. The van der Waals surface area contributed by atoms with Gasteiger partial charge in [-0.15, -0.1) is 9.89 Å². The highest BCUT2D eigenvalue weighted by atomic mass is 32.2. The molecule has 1 heterocycles. The fraction of sp³-hybridized carbons (Fsp3) is 0.636. The lowest BCUT2D eigenvalue weighted by Crippen LogP contribution is -2.37. The second kappa shape index (κ2) is 5.93. The summed E-state index contributed by atoms with van der Waals surface area (Å²) in [7, 11) is 0. The van der Waals surface area contributed by atoms with Crippen molar-refractivity contribution in [3.63, 3.8) is 0 Å². The average Bonchev–Trinajstić information content (AvgIpc) is 2.69. The molecule has 1 aliphatic carbocycles. The Morgan fingerprint density at radius 1 is 1.44 bits per heavy atom. The SMILES string of the molecule is CSc1nn(NC2CCCCC2)c(=O)n1C=C=O. The third-order valence-electron chi connectivity index (χ3n) is 3.05. The van der Waals surface area contributed by atoms with Crippen LogP contribution >= 0.6 is 11.8 Å². The standard InChI is InChI=1S/C11H16N4O2S/c1-18-10-13-15(11(17)14(10)7-8-16)12-9-5-3-2-4-6-9/h7,9,12H,2-6H2,1H3. The van der Waals surface area contributed by atoms with Gasteiger partial charge in [-0.2, -0.15) is 0 Å². The maximum Gasteiger partial charge on any atom is 0.370 e. The monoisotopic (exact) mass is 268 g/mol. The van der Waals surface area contributed by atoms with Gasteiger partial charge in [0.05, 0.1) is 0 Å². The van der Waals surface area contributed by atoms with Crippen LogP contribution in [0.25, 0.3) is 6.20 Å². The Balaban J connectivity index is 2.22. The molecular weight excluding hydrogens is 252 g/mol. The Kier molecular flexibility index (Phi) is 4.28. The van der Waals surface area contributed by atoms with Crippen molar-refractivity contribution < 1.29 is 4.79 Å². The summed E-state index contributed by atoms with van der Waals surface area (Å²) >= 11 is 1.31. The van der Waals surface area contributed by atoms with E-state index in [9.17, 15) is 9.59 Å². The summed E-state index contributed by atoms with van der Waals surface area (Å²) in [6.07, 6.45) is 8.59. The minimum Gasteiger partial charge on any atom is -0.302 e. The molecule has 98 valence electrons. The Hall–Kier alpha value is -1.46. The number of nitrogens with zero attached hydrogens (tertiary/aromatic N) is 3. The van der Waals surface area contributed by atoms with Crippen LogP contribution in [-0.4, -0.2) is 32.7 Å². The Bertz CT molecular complexity index is 510. The molecule has 1 aromatic heterocycles. The molecular formula is C11H16N4O2S. The first-order chi connectivity index (χ1) is 8.76. The van der Waals surface area contributed by atoms with Gasteiger partial charge in [-0.25, -0.2) is 14.2 Å². The van der Waals surface area contributed by atoms with Crippen LogP contribution in [0.4, 0.5) is 0 Å². The summed E-state index contributed by atoms with van der Waals surface area (Å²) in [5, 5.41) is 4.63. The van der Waals surface area contributed by atoms with Gasteiger partial charge < -0.3 is 5.43 Å². The zero-order chi connectivity index (χ0) is 13.0. The molecule has 1 aromatic rings. The summed E-state index contributed by atoms with van der Waals surface area (Å²) in [5.74, 6) is 1.61. The van der Waals surface area contributed by atoms with E-state index in [1.165, 1.54) is 40.4 Å². The van der Waals surface area contributed by atoms with Crippen molar-refractivity contribution in [2.75, 3.05) is 11.7 Å². The molecule has 2 rings (SSSR count). The number of hydrogen-bond acceptors (Lipinski definition) is 5. The largest absolute Gasteiger partial charge is 0.370 e. The molecule has 0 amide bonds. The van der Waals surface area contributed by atoms with E-state index in [0.717, 1.165) is 19.0 Å². The lowest BCUT2D eigenvalue weighted by atomic mass is 9.96. The normalized spacial score (nSPS) is 16.3. The van der Waals surface area contributed by atoms with Crippen LogP contribution in [0.1, 0.15) is 32.1 Å². The summed E-state index contributed by atoms with van der Waals surface area (Å²) in [6.45, 7) is 0. The predicted octanol–water partition coefficient (Wildman–Crippen LogP) is 0.945. The van der Waals surface area contributed by atoms with E-state index in [4.69, 9.17) is 0 Å². The van der Waals surface area contributed by atoms with E-state index in [2.05, 4.69) is 10.5 Å². The minimum atomic E-state index is -0.353. The van der Waals surface area contributed by atoms with E-state index >= 15 is 0 Å². The molecule has 1 N–H and O–H groups in total. The maximum absolute atomic E-state index is 12.0. The van der Waals surface area contributed by atoms with Crippen molar-refractivity contribution >= 4 is 23.9 Å². The van der Waals surface area contributed by atoms with Gasteiger partial charge in [-0.3, -0.25) is 0 Å². The van der Waals surface area contributed by atoms with E-state index in [1.807, 2.05) is 6.26 Å². The van der Waals surface area contributed by atoms with Crippen LogP contribution in [0, 0.1) is 0 Å². The molecule has 0 saturated heterocycles. The maximum atomic E-state index is 12.0. The topological polar surface area (TPSA) is 68.9 Å². The molecule has 0 aliphatic heterocycles. The Morgan fingerprint density at radius 3 is 2.78 bits per heavy atom. The molecule has 1 fully saturated rings. The fourth-order valence-electron chi connectivity index (χ4n) is 2.15. The molecule has 7 heteroatoms. The summed E-state index contributed by atoms with van der Waals surface area (Å²) in [6, 6.07) is 0.287. The lowest BCUT2D eigenvalue weighted by Gasteiger charge is -2.22. The summed E-state index contributed by atoms with van der Waals surface area (Å²) in [4.78, 5) is 23.6. The van der Waals surface area contributed by atoms with E-state index in [0.29, 0.717) is 5.16 Å². The van der Waals surface area contributed by atoms with Gasteiger partial charge in [0.1, 0.15) is 12.1 Å². The molecule has 6 nitrogen and oxygen atoms in total. The first-order valence-corrected chi connectivity index (χ1v) is 7.22. The molecule has 1 saturated carbocycles. The zero-order valence-corrected chi connectivity index (χ0v) is 11.1. The van der Waals surface area contributed by atoms with Gasteiger partial charge in [0.2, 0.25) is 0 Å². The minimum absolute atomic E-state index is 0.287. The van der Waals surface area contributed by atoms with E-state index < -0.39 is 0 Å². The van der Waals surface area contributed by atoms with Gasteiger partial charge in [0, 0.05) is 6.04 Å². The lowest BCUT2D eigenvalue weighted by molar-refractivity contribution is 0.425. The molecule has 0 unspecified atom stereocenters. The molecule has 1 aliphatic rings. The van der Waals surface area contributed by atoms with Gasteiger partial charge in [-0.1, -0.05) is 31.0 Å². The third-order valence-corrected chi connectivity index (χ3v) is 3.70. The van der Waals surface area contributed by atoms with Crippen LogP contribution in [-0.2, 0) is 4.79 Å². The molecule has 18 heavy (non-hydrogen) atoms. The first kappa shape index (κ1) is 13.0. The predicted molar refractivity (Wildman–Crippen MR) is 71.0 cm³/mol. The second-order valence-electron chi connectivity index (χ2n) is 4.26. The highest BCUT2D eigenvalue weighted by Crippen LogP contribution is 2.18. The summed E-state index contributed by atoms with van der Waals surface area (Å²) < 4.78 is 1.20. The van der Waals surface area contributed by atoms with Gasteiger partial charge in [-0.05, 0) is 19.1 Å². The van der Waals surface area contributed by atoms with E-state index in [1.54, 1.807) is 5.94 Å². The average molecular weight is 268 g/mol. The van der Waals surface area contributed by atoms with Gasteiger partial charge >= 0.3 is 5.69 Å². The quantitative estimate of drug-likeness (QED) is 0.650. The number of hydrogen-bond donors (Lipinski definition) is 1. The fourth-order valence-corrected chi connectivity index (χ4v) is 2.64. The number of aromatic nitrogens is 3. The van der Waals surface area contributed by atoms with Crippen molar-refractivity contribution in [1.29, 1.82) is 0 Å². The van der Waals surface area contributed by atoms with Crippen LogP contribution in [0.3, 0.4) is 0 Å². The smallest absolute Gasteiger partial charge is 0.302 e. The molecule has 0 aromatic carbocycles. The van der Waals surface area contributed by atoms with Crippen molar-refractivity contribution in [3.8, 4) is 0 Å². The number of nitrogens with one attached hydrogen (secondary N) is 1. The first-order valence-electron chi connectivity index (χ1n) is 5.99. The van der Waals surface area contributed by atoms with Crippen LogP contribution in [0.5, 0.6) is 0 Å².